The summed E-state index contributed by atoms with van der Waals surface area (Å²) in [6.07, 6.45) is 5.75. The Balaban J connectivity index is 1.36. The Morgan fingerprint density at radius 3 is 2.43 bits per heavy atom. The van der Waals surface area contributed by atoms with E-state index in [1.165, 1.54) is 11.1 Å². The summed E-state index contributed by atoms with van der Waals surface area (Å²) >= 11 is 6.29. The highest BCUT2D eigenvalue weighted by Crippen LogP contribution is 2.47. The quantitative estimate of drug-likeness (QED) is 0.383. The van der Waals surface area contributed by atoms with Gasteiger partial charge in [-0.2, -0.15) is 0 Å². The fraction of sp³-hybridized carbons (Fsp3) is 0.647. The van der Waals surface area contributed by atoms with E-state index < -0.39 is 59.0 Å². The highest BCUT2D eigenvalue weighted by molar-refractivity contribution is 6.31. The maximum Gasteiger partial charge on any atom is 0.410 e. The lowest BCUT2D eigenvalue weighted by atomic mass is 9.99. The lowest BCUT2D eigenvalue weighted by Gasteiger charge is -2.28. The van der Waals surface area contributed by atoms with E-state index >= 15 is 0 Å². The summed E-state index contributed by atoms with van der Waals surface area (Å²) in [6, 6.07) is 2.17. The number of carboxylic acids is 1. The summed E-state index contributed by atoms with van der Waals surface area (Å²) < 4.78 is 5.89. The third-order valence-electron chi connectivity index (χ3n) is 9.65. The molecule has 256 valence electrons. The molecule has 3 fully saturated rings. The van der Waals surface area contributed by atoms with Gasteiger partial charge in [-0.15, -0.1) is 0 Å². The van der Waals surface area contributed by atoms with Crippen molar-refractivity contribution < 1.29 is 33.8 Å². The Morgan fingerprint density at radius 1 is 1.09 bits per heavy atom. The zero-order chi connectivity index (χ0) is 34.1. The third-order valence-corrected chi connectivity index (χ3v) is 10.1. The summed E-state index contributed by atoms with van der Waals surface area (Å²) in [6.45, 7) is 8.02. The molecule has 47 heavy (non-hydrogen) atoms. The molecule has 0 bridgehead atoms. The maximum absolute atomic E-state index is 14.2. The average Bonchev–Trinajstić information content (AvgIpc) is 3.28. The van der Waals surface area contributed by atoms with E-state index in [2.05, 4.69) is 15.6 Å². The van der Waals surface area contributed by atoms with Gasteiger partial charge < -0.3 is 25.4 Å². The van der Waals surface area contributed by atoms with Crippen molar-refractivity contribution in [3.63, 3.8) is 0 Å². The standard InChI is InChI=1S/C34H46ClN5O7/c1-20-12-22-17-39(18-23(22)13-26(20)35)32(46)47-25-14-27-28(41)37-34(30(43)44)15-24(34)11-9-7-5-6-8-10-21(29(42)40(27)19-25)16-36-31(45)38-33(2,3)4/h12-13,16,21,24-25,27H,5-11,14-15,17-19H2,1-4H3,(H,37,41)(H,38,45)(H,43,44)/b36-16+/t21?,24-,25-,27+,34-/m1/s1. The molecular formula is C34H46ClN5O7. The van der Waals surface area contributed by atoms with Crippen molar-refractivity contribution in [2.75, 3.05) is 6.54 Å². The minimum atomic E-state index is -1.37. The highest BCUT2D eigenvalue weighted by atomic mass is 35.5. The molecule has 12 nitrogen and oxygen atoms in total. The third kappa shape index (κ3) is 8.08. The molecule has 0 aromatic heterocycles. The number of halogens is 1. The number of fused-ring (bicyclic) bond motifs is 3. The Morgan fingerprint density at radius 2 is 1.74 bits per heavy atom. The molecule has 1 aromatic rings. The van der Waals surface area contributed by atoms with Crippen LogP contribution in [0.2, 0.25) is 5.02 Å². The maximum atomic E-state index is 14.2. The number of ether oxygens (including phenoxy) is 1. The van der Waals surface area contributed by atoms with E-state index in [9.17, 15) is 29.1 Å². The topological polar surface area (TPSA) is 158 Å². The molecular weight excluding hydrogens is 626 g/mol. The summed E-state index contributed by atoms with van der Waals surface area (Å²) in [4.78, 5) is 73.2. The summed E-state index contributed by atoms with van der Waals surface area (Å²) in [5.41, 5.74) is 0.942. The van der Waals surface area contributed by atoms with Crippen LogP contribution in [0, 0.1) is 18.8 Å². The number of amides is 5. The number of hydrogen-bond donors (Lipinski definition) is 3. The first-order chi connectivity index (χ1) is 22.2. The zero-order valence-electron chi connectivity index (χ0n) is 27.6. The van der Waals surface area contributed by atoms with Crippen molar-refractivity contribution in [2.24, 2.45) is 16.8 Å². The van der Waals surface area contributed by atoms with Gasteiger partial charge in [0, 0.05) is 36.3 Å². The van der Waals surface area contributed by atoms with Crippen LogP contribution < -0.4 is 10.6 Å². The lowest BCUT2D eigenvalue weighted by molar-refractivity contribution is -0.145. The second-order valence-corrected chi connectivity index (χ2v) is 15.0. The number of aryl methyl sites for hydroxylation is 1. The number of benzene rings is 1. The number of hydrogen-bond acceptors (Lipinski definition) is 6. The van der Waals surface area contributed by atoms with Crippen LogP contribution in [-0.2, 0) is 32.2 Å². The van der Waals surface area contributed by atoms with Gasteiger partial charge in [0.15, 0.2) is 0 Å². The van der Waals surface area contributed by atoms with E-state index in [0.29, 0.717) is 43.8 Å². The predicted molar refractivity (Wildman–Crippen MR) is 175 cm³/mol. The normalized spacial score (nSPS) is 28.4. The first-order valence-corrected chi connectivity index (χ1v) is 17.0. The highest BCUT2D eigenvalue weighted by Gasteiger charge is 2.62. The molecule has 3 aliphatic heterocycles. The van der Waals surface area contributed by atoms with E-state index in [-0.39, 0.29) is 18.9 Å². The van der Waals surface area contributed by atoms with Gasteiger partial charge in [-0.25, -0.2) is 19.4 Å². The Hall–Kier alpha value is -3.67. The fourth-order valence-electron chi connectivity index (χ4n) is 6.99. The molecule has 3 N–H and O–H groups in total. The number of aliphatic imine (C=N–C) groups is 1. The van der Waals surface area contributed by atoms with Crippen LogP contribution in [0.4, 0.5) is 9.59 Å². The van der Waals surface area contributed by atoms with Gasteiger partial charge in [-0.3, -0.25) is 14.5 Å². The Bertz CT molecular complexity index is 1430. The second-order valence-electron chi connectivity index (χ2n) is 14.6. The van der Waals surface area contributed by atoms with Gasteiger partial charge in [0.05, 0.1) is 12.5 Å². The van der Waals surface area contributed by atoms with Gasteiger partial charge in [-0.1, -0.05) is 49.8 Å². The van der Waals surface area contributed by atoms with E-state index in [0.717, 1.165) is 42.4 Å². The van der Waals surface area contributed by atoms with Crippen molar-refractivity contribution in [1.29, 1.82) is 0 Å². The van der Waals surface area contributed by atoms with Crippen LogP contribution in [0.15, 0.2) is 17.1 Å². The van der Waals surface area contributed by atoms with Crippen LogP contribution in [0.5, 0.6) is 0 Å². The number of rotatable bonds is 3. The number of carboxylic acid groups (broad SMARTS) is 1. The largest absolute Gasteiger partial charge is 0.479 e. The predicted octanol–water partition coefficient (Wildman–Crippen LogP) is 4.97. The molecule has 3 heterocycles. The van der Waals surface area contributed by atoms with Gasteiger partial charge in [0.2, 0.25) is 11.8 Å². The molecule has 1 aliphatic carbocycles. The van der Waals surface area contributed by atoms with Crippen molar-refractivity contribution in [3.05, 3.63) is 33.8 Å². The number of nitrogens with zero attached hydrogens (tertiary/aromatic N) is 3. The van der Waals surface area contributed by atoms with Crippen molar-refractivity contribution in [2.45, 2.75) is 122 Å². The average molecular weight is 672 g/mol. The fourth-order valence-corrected chi connectivity index (χ4v) is 7.17. The summed E-state index contributed by atoms with van der Waals surface area (Å²) in [5.74, 6) is -3.06. The molecule has 5 atom stereocenters. The summed E-state index contributed by atoms with van der Waals surface area (Å²) in [7, 11) is 0. The second kappa shape index (κ2) is 13.8. The van der Waals surface area contributed by atoms with Crippen LogP contribution in [0.3, 0.4) is 0 Å². The lowest BCUT2D eigenvalue weighted by Crippen LogP contribution is -2.54. The molecule has 1 unspecified atom stereocenters. The number of nitrogens with one attached hydrogen (secondary N) is 2. The minimum absolute atomic E-state index is 0.0176. The number of aliphatic carboxylic acids is 1. The van der Waals surface area contributed by atoms with E-state index in [1.54, 1.807) is 4.90 Å². The molecule has 13 heteroatoms. The SMILES string of the molecule is Cc1cc2c(cc1Cl)CN(C(=O)O[C@@H]1C[C@H]3C(=O)N[C@]4(C(=O)O)C[C@H]4CCCCCCCC(/C=N/C(=O)NC(C)(C)C)C(=O)N3C1)C2. The first kappa shape index (κ1) is 34.7. The van der Waals surface area contributed by atoms with Crippen molar-refractivity contribution in [3.8, 4) is 0 Å². The van der Waals surface area contributed by atoms with Crippen molar-refractivity contribution >= 4 is 47.7 Å². The molecule has 5 rings (SSSR count). The molecule has 0 radical (unpaired) electrons. The Labute approximate surface area is 280 Å². The van der Waals surface area contributed by atoms with Crippen molar-refractivity contribution in [1.82, 2.24) is 20.4 Å². The van der Waals surface area contributed by atoms with Crippen LogP contribution in [0.1, 0.15) is 95.2 Å². The molecule has 5 amide bonds. The molecule has 2 saturated heterocycles. The van der Waals surface area contributed by atoms with E-state index in [1.807, 2.05) is 39.8 Å². The molecule has 1 saturated carbocycles. The summed E-state index contributed by atoms with van der Waals surface area (Å²) in [5, 5.41) is 16.3. The molecule has 0 spiro atoms. The number of carbonyl (C=O) groups is 5. The Kier molecular flexibility index (Phi) is 10.2. The molecule has 4 aliphatic rings. The van der Waals surface area contributed by atoms with Gasteiger partial charge in [-0.05, 0) is 75.6 Å². The van der Waals surface area contributed by atoms with Gasteiger partial charge in [0.1, 0.15) is 17.7 Å². The zero-order valence-corrected chi connectivity index (χ0v) is 28.4. The smallest absolute Gasteiger partial charge is 0.410 e. The first-order valence-electron chi connectivity index (χ1n) is 16.6. The molecule has 1 aromatic carbocycles. The van der Waals surface area contributed by atoms with Gasteiger partial charge in [0.25, 0.3) is 0 Å². The van der Waals surface area contributed by atoms with E-state index in [4.69, 9.17) is 16.3 Å². The number of urea groups is 1. The number of carbonyl (C=O) groups excluding carboxylic acids is 4. The van der Waals surface area contributed by atoms with Crippen LogP contribution in [0.25, 0.3) is 0 Å². The van der Waals surface area contributed by atoms with Crippen LogP contribution >= 0.6 is 11.6 Å². The van der Waals surface area contributed by atoms with Gasteiger partial charge >= 0.3 is 18.1 Å². The van der Waals surface area contributed by atoms with Crippen LogP contribution in [-0.4, -0.2) is 80.8 Å². The monoisotopic (exact) mass is 671 g/mol. The minimum Gasteiger partial charge on any atom is -0.479 e.